The maximum Gasteiger partial charge on any atom is 0.289 e. The van der Waals surface area contributed by atoms with E-state index in [1.165, 1.54) is 6.92 Å². The molecule has 0 unspecified atom stereocenters. The molecule has 0 aromatic carbocycles. The number of hydrogen-bond donors (Lipinski definition) is 0. The number of halogens is 2. The molecule has 1 heterocycles. The third-order valence-electron chi connectivity index (χ3n) is 1.11. The first-order chi connectivity index (χ1) is 4.62. The van der Waals surface area contributed by atoms with E-state index in [2.05, 4.69) is 0 Å². The standard InChI is InChI=1S/C5H8F2O2S/c1-5(10-4(6)7)8-2-3-9-5/h4H,2-3H2,1H3. The van der Waals surface area contributed by atoms with Crippen LogP contribution in [0.2, 0.25) is 0 Å². The Labute approximate surface area is 61.9 Å². The molecule has 0 aromatic rings. The van der Waals surface area contributed by atoms with Crippen LogP contribution in [0.3, 0.4) is 0 Å². The molecule has 0 atom stereocenters. The molecule has 2 nitrogen and oxygen atoms in total. The summed E-state index contributed by atoms with van der Waals surface area (Å²) in [4.78, 5) is 0. The molecule has 0 aliphatic carbocycles. The lowest BCUT2D eigenvalue weighted by molar-refractivity contribution is -0.0623. The maximum atomic E-state index is 11.7. The Balaban J connectivity index is 2.36. The van der Waals surface area contributed by atoms with Crippen molar-refractivity contribution < 1.29 is 18.3 Å². The van der Waals surface area contributed by atoms with Crippen molar-refractivity contribution >= 4 is 11.8 Å². The van der Waals surface area contributed by atoms with Gasteiger partial charge < -0.3 is 9.47 Å². The summed E-state index contributed by atoms with van der Waals surface area (Å²) >= 11 is 0.387. The van der Waals surface area contributed by atoms with Gasteiger partial charge in [-0.25, -0.2) is 0 Å². The third-order valence-corrected chi connectivity index (χ3v) is 1.96. The molecule has 1 saturated heterocycles. The van der Waals surface area contributed by atoms with Crippen LogP contribution in [0, 0.1) is 0 Å². The van der Waals surface area contributed by atoms with Gasteiger partial charge in [0.2, 0.25) is 5.12 Å². The SMILES string of the molecule is CC1(SC(F)F)OCCO1. The Bertz CT molecular complexity index is 114. The lowest BCUT2D eigenvalue weighted by Gasteiger charge is -2.19. The van der Waals surface area contributed by atoms with E-state index in [4.69, 9.17) is 9.47 Å². The summed E-state index contributed by atoms with van der Waals surface area (Å²) in [6.07, 6.45) is 0. The molecule has 0 radical (unpaired) electrons. The van der Waals surface area contributed by atoms with Crippen LogP contribution in [0.1, 0.15) is 6.92 Å². The molecule has 1 rings (SSSR count). The normalized spacial score (nSPS) is 24.0. The first-order valence-corrected chi connectivity index (χ1v) is 3.74. The molecule has 1 fully saturated rings. The zero-order valence-electron chi connectivity index (χ0n) is 5.47. The van der Waals surface area contributed by atoms with Gasteiger partial charge in [-0.05, 0) is 11.8 Å². The van der Waals surface area contributed by atoms with Crippen molar-refractivity contribution in [2.75, 3.05) is 13.2 Å². The molecule has 0 aromatic heterocycles. The Morgan fingerprint density at radius 3 is 2.30 bits per heavy atom. The Morgan fingerprint density at radius 2 is 1.90 bits per heavy atom. The van der Waals surface area contributed by atoms with E-state index in [0.29, 0.717) is 25.0 Å². The van der Waals surface area contributed by atoms with Gasteiger partial charge in [0, 0.05) is 6.92 Å². The Morgan fingerprint density at radius 1 is 1.40 bits per heavy atom. The van der Waals surface area contributed by atoms with Crippen molar-refractivity contribution in [2.45, 2.75) is 17.8 Å². The number of alkyl halides is 2. The first-order valence-electron chi connectivity index (χ1n) is 2.86. The summed E-state index contributed by atoms with van der Waals surface area (Å²) in [6, 6.07) is 0. The summed E-state index contributed by atoms with van der Waals surface area (Å²) in [5.41, 5.74) is 0. The fraction of sp³-hybridized carbons (Fsp3) is 1.00. The summed E-state index contributed by atoms with van der Waals surface area (Å²) < 4.78 is 33.3. The Kier molecular flexibility index (Phi) is 2.49. The third kappa shape index (κ3) is 2.07. The van der Waals surface area contributed by atoms with E-state index in [1.807, 2.05) is 0 Å². The Hall–Kier alpha value is 0.130. The van der Waals surface area contributed by atoms with E-state index in [1.54, 1.807) is 0 Å². The number of ether oxygens (including phenoxy) is 2. The minimum atomic E-state index is -2.44. The fourth-order valence-electron chi connectivity index (χ4n) is 0.726. The molecular formula is C5H8F2O2S. The van der Waals surface area contributed by atoms with Gasteiger partial charge in [-0.15, -0.1) is 0 Å². The van der Waals surface area contributed by atoms with Crippen molar-refractivity contribution in [3.05, 3.63) is 0 Å². The quantitative estimate of drug-likeness (QED) is 0.628. The van der Waals surface area contributed by atoms with Crippen LogP contribution in [0.4, 0.5) is 8.78 Å². The molecule has 0 spiro atoms. The molecule has 1 aliphatic rings. The summed E-state index contributed by atoms with van der Waals surface area (Å²) in [5.74, 6) is -2.44. The topological polar surface area (TPSA) is 18.5 Å². The number of rotatable bonds is 2. The summed E-state index contributed by atoms with van der Waals surface area (Å²) in [6.45, 7) is 2.29. The molecular weight excluding hydrogens is 162 g/mol. The van der Waals surface area contributed by atoms with E-state index >= 15 is 0 Å². The van der Waals surface area contributed by atoms with Gasteiger partial charge in [0.05, 0.1) is 13.2 Å². The maximum absolute atomic E-state index is 11.7. The van der Waals surface area contributed by atoms with Crippen LogP contribution in [0.25, 0.3) is 0 Å². The average molecular weight is 170 g/mol. The van der Waals surface area contributed by atoms with E-state index < -0.39 is 10.9 Å². The molecule has 60 valence electrons. The van der Waals surface area contributed by atoms with Crippen molar-refractivity contribution in [1.29, 1.82) is 0 Å². The lowest BCUT2D eigenvalue weighted by Crippen LogP contribution is -2.21. The predicted octanol–water partition coefficient (Wildman–Crippen LogP) is 1.66. The van der Waals surface area contributed by atoms with Crippen LogP contribution in [-0.4, -0.2) is 24.1 Å². The van der Waals surface area contributed by atoms with Gasteiger partial charge in [0.1, 0.15) is 0 Å². The molecule has 0 saturated carbocycles. The van der Waals surface area contributed by atoms with Gasteiger partial charge in [0.15, 0.2) is 0 Å². The molecule has 0 bridgehead atoms. The van der Waals surface area contributed by atoms with Crippen LogP contribution in [0.15, 0.2) is 0 Å². The second-order valence-corrected chi connectivity index (χ2v) is 3.27. The zero-order chi connectivity index (χ0) is 7.61. The monoisotopic (exact) mass is 170 g/mol. The predicted molar refractivity (Wildman–Crippen MR) is 33.9 cm³/mol. The summed E-state index contributed by atoms with van der Waals surface area (Å²) in [7, 11) is 0. The van der Waals surface area contributed by atoms with Crippen LogP contribution >= 0.6 is 11.8 Å². The highest BCUT2D eigenvalue weighted by atomic mass is 32.2. The largest absolute Gasteiger partial charge is 0.339 e. The number of thioether (sulfide) groups is 1. The van der Waals surface area contributed by atoms with E-state index in [-0.39, 0.29) is 0 Å². The highest BCUT2D eigenvalue weighted by Gasteiger charge is 2.35. The summed E-state index contributed by atoms with van der Waals surface area (Å²) in [5, 5.41) is -1.12. The van der Waals surface area contributed by atoms with E-state index in [0.717, 1.165) is 0 Å². The molecule has 1 aliphatic heterocycles. The molecule has 0 amide bonds. The lowest BCUT2D eigenvalue weighted by atomic mass is 10.8. The van der Waals surface area contributed by atoms with Crippen molar-refractivity contribution in [3.8, 4) is 0 Å². The zero-order valence-corrected chi connectivity index (χ0v) is 6.29. The van der Waals surface area contributed by atoms with Crippen molar-refractivity contribution in [1.82, 2.24) is 0 Å². The van der Waals surface area contributed by atoms with Crippen LogP contribution in [0.5, 0.6) is 0 Å². The van der Waals surface area contributed by atoms with Crippen molar-refractivity contribution in [3.63, 3.8) is 0 Å². The van der Waals surface area contributed by atoms with Gasteiger partial charge >= 0.3 is 0 Å². The second-order valence-electron chi connectivity index (χ2n) is 1.94. The van der Waals surface area contributed by atoms with Crippen LogP contribution in [-0.2, 0) is 9.47 Å². The van der Waals surface area contributed by atoms with E-state index in [9.17, 15) is 8.78 Å². The minimum absolute atomic E-state index is 0.387. The van der Waals surface area contributed by atoms with Gasteiger partial charge in [-0.2, -0.15) is 8.78 Å². The minimum Gasteiger partial charge on any atom is -0.339 e. The first kappa shape index (κ1) is 8.23. The van der Waals surface area contributed by atoms with Gasteiger partial charge in [-0.3, -0.25) is 0 Å². The highest BCUT2D eigenvalue weighted by Crippen LogP contribution is 2.35. The smallest absolute Gasteiger partial charge is 0.289 e. The van der Waals surface area contributed by atoms with Crippen LogP contribution < -0.4 is 0 Å². The highest BCUT2D eigenvalue weighted by molar-refractivity contribution is 8.00. The van der Waals surface area contributed by atoms with Crippen molar-refractivity contribution in [2.24, 2.45) is 0 Å². The average Bonchev–Trinajstić information content (AvgIpc) is 2.12. The molecule has 5 heteroatoms. The number of hydrogen-bond acceptors (Lipinski definition) is 3. The van der Waals surface area contributed by atoms with Gasteiger partial charge in [0.25, 0.3) is 5.76 Å². The molecule has 0 N–H and O–H groups in total. The molecule has 10 heavy (non-hydrogen) atoms. The fourth-order valence-corrected chi connectivity index (χ4v) is 1.35. The second kappa shape index (κ2) is 3.02. The van der Waals surface area contributed by atoms with Gasteiger partial charge in [-0.1, -0.05) is 0 Å².